The highest BCUT2D eigenvalue weighted by molar-refractivity contribution is 7.99. The van der Waals surface area contributed by atoms with Gasteiger partial charge >= 0.3 is 0 Å². The lowest BCUT2D eigenvalue weighted by Crippen LogP contribution is -2.57. The molecule has 0 bridgehead atoms. The summed E-state index contributed by atoms with van der Waals surface area (Å²) in [5.74, 6) is -3.23. The van der Waals surface area contributed by atoms with Crippen LogP contribution in [0.4, 0.5) is 4.39 Å². The van der Waals surface area contributed by atoms with Gasteiger partial charge in [-0.05, 0) is 0 Å². The van der Waals surface area contributed by atoms with E-state index in [1.807, 2.05) is 0 Å². The van der Waals surface area contributed by atoms with E-state index in [1.54, 1.807) is 0 Å². The first-order valence-corrected chi connectivity index (χ1v) is 4.08. The molecule has 0 aliphatic carbocycles. The van der Waals surface area contributed by atoms with E-state index in [2.05, 4.69) is 0 Å². The summed E-state index contributed by atoms with van der Waals surface area (Å²) < 4.78 is 12.8. The molecule has 1 aliphatic heterocycles. The van der Waals surface area contributed by atoms with Gasteiger partial charge in [-0.2, -0.15) is 0 Å². The van der Waals surface area contributed by atoms with E-state index in [0.717, 1.165) is 11.8 Å². The molecule has 0 radical (unpaired) electrons. The molecule has 4 N–H and O–H groups in total. The van der Waals surface area contributed by atoms with Gasteiger partial charge in [0.15, 0.2) is 6.10 Å². The minimum atomic E-state index is -3.09. The van der Waals surface area contributed by atoms with Crippen LogP contribution in [0.3, 0.4) is 0 Å². The van der Waals surface area contributed by atoms with Crippen LogP contribution >= 0.6 is 11.8 Å². The van der Waals surface area contributed by atoms with E-state index in [4.69, 9.17) is 20.4 Å². The molecule has 0 amide bonds. The monoisotopic (exact) mass is 184 g/mol. The molecule has 11 heavy (non-hydrogen) atoms. The zero-order chi connectivity index (χ0) is 8.65. The van der Waals surface area contributed by atoms with E-state index in [0.29, 0.717) is 0 Å². The van der Waals surface area contributed by atoms with E-state index in [-0.39, 0.29) is 5.75 Å². The maximum absolute atomic E-state index is 12.8. The largest absolute Gasteiger partial charge is 0.386 e. The van der Waals surface area contributed by atoms with Crippen LogP contribution < -0.4 is 0 Å². The second-order valence-electron chi connectivity index (χ2n) is 2.41. The Kier molecular flexibility index (Phi) is 2.40. The standard InChI is InChI=1S/C5H9FO4S/c6-5(10)2(7)1-11-4(9)3(5)8/h2-4,7-10H,1H2/t2-,3+,4+,5+/m1/s1. The predicted octanol–water partition coefficient (Wildman–Crippen LogP) is -1.57. The minimum absolute atomic E-state index is 0.134. The Morgan fingerprint density at radius 2 is 1.91 bits per heavy atom. The van der Waals surface area contributed by atoms with Crippen molar-refractivity contribution in [2.24, 2.45) is 0 Å². The van der Waals surface area contributed by atoms with Gasteiger partial charge in [-0.3, -0.25) is 0 Å². The van der Waals surface area contributed by atoms with E-state index < -0.39 is 23.5 Å². The molecule has 4 nitrogen and oxygen atoms in total. The van der Waals surface area contributed by atoms with Crippen molar-refractivity contribution >= 4 is 11.8 Å². The number of aliphatic hydroxyl groups is 4. The van der Waals surface area contributed by atoms with Crippen LogP contribution in [0.1, 0.15) is 0 Å². The highest BCUT2D eigenvalue weighted by Crippen LogP contribution is 2.32. The maximum Gasteiger partial charge on any atom is 0.263 e. The molecule has 1 aliphatic rings. The van der Waals surface area contributed by atoms with Crippen LogP contribution in [-0.2, 0) is 0 Å². The fourth-order valence-electron chi connectivity index (χ4n) is 0.795. The van der Waals surface area contributed by atoms with Crippen molar-refractivity contribution in [3.05, 3.63) is 0 Å². The molecule has 0 aromatic carbocycles. The summed E-state index contributed by atoms with van der Waals surface area (Å²) in [5, 5.41) is 35.2. The summed E-state index contributed by atoms with van der Waals surface area (Å²) in [5.41, 5.74) is -1.38. The molecule has 4 atom stereocenters. The van der Waals surface area contributed by atoms with Gasteiger partial charge in [0.2, 0.25) is 0 Å². The fourth-order valence-corrected chi connectivity index (χ4v) is 1.78. The van der Waals surface area contributed by atoms with Crippen molar-refractivity contribution < 1.29 is 24.8 Å². The lowest BCUT2D eigenvalue weighted by atomic mass is 10.1. The number of rotatable bonds is 0. The van der Waals surface area contributed by atoms with Gasteiger partial charge in [-0.1, -0.05) is 0 Å². The molecular weight excluding hydrogens is 175 g/mol. The third kappa shape index (κ3) is 1.50. The average Bonchev–Trinajstić information content (AvgIpc) is 1.95. The van der Waals surface area contributed by atoms with Crippen molar-refractivity contribution in [2.75, 3.05) is 5.75 Å². The molecule has 1 fully saturated rings. The Hall–Kier alpha value is 0.120. The molecule has 0 unspecified atom stereocenters. The number of hydrogen-bond acceptors (Lipinski definition) is 5. The van der Waals surface area contributed by atoms with Crippen molar-refractivity contribution in [2.45, 2.75) is 23.5 Å². The fraction of sp³-hybridized carbons (Fsp3) is 1.00. The number of hydrogen-bond donors (Lipinski definition) is 4. The summed E-state index contributed by atoms with van der Waals surface area (Å²) in [7, 11) is 0. The number of thioether (sulfide) groups is 1. The summed E-state index contributed by atoms with van der Waals surface area (Å²) in [6.45, 7) is 0. The second kappa shape index (κ2) is 2.87. The van der Waals surface area contributed by atoms with Gasteiger partial charge in [0, 0.05) is 5.75 Å². The van der Waals surface area contributed by atoms with Crippen LogP contribution in [0.2, 0.25) is 0 Å². The lowest BCUT2D eigenvalue weighted by molar-refractivity contribution is -0.236. The quantitative estimate of drug-likeness (QED) is 0.366. The molecular formula is C5H9FO4S. The number of alkyl halides is 1. The van der Waals surface area contributed by atoms with Gasteiger partial charge in [0.1, 0.15) is 11.5 Å². The maximum atomic E-state index is 12.8. The molecule has 0 spiro atoms. The molecule has 0 aromatic rings. The molecule has 1 rings (SSSR count). The molecule has 0 aromatic heterocycles. The van der Waals surface area contributed by atoms with Gasteiger partial charge in [0.25, 0.3) is 5.85 Å². The average molecular weight is 184 g/mol. The third-order valence-corrected chi connectivity index (χ3v) is 2.68. The van der Waals surface area contributed by atoms with E-state index >= 15 is 0 Å². The Bertz CT molecular complexity index is 153. The third-order valence-electron chi connectivity index (χ3n) is 1.58. The SMILES string of the molecule is O[C@@H]1CS[C@H](O)[C@H](O)[C@]1(O)F. The Morgan fingerprint density at radius 3 is 2.36 bits per heavy atom. The lowest BCUT2D eigenvalue weighted by Gasteiger charge is -2.36. The summed E-state index contributed by atoms with van der Waals surface area (Å²) in [6.07, 6.45) is -3.60. The molecule has 6 heteroatoms. The second-order valence-corrected chi connectivity index (χ2v) is 3.56. The van der Waals surface area contributed by atoms with Gasteiger partial charge in [-0.25, -0.2) is 4.39 Å². The highest BCUT2D eigenvalue weighted by Gasteiger charge is 2.50. The van der Waals surface area contributed by atoms with E-state index in [1.165, 1.54) is 0 Å². The molecule has 1 saturated heterocycles. The Morgan fingerprint density at radius 1 is 1.36 bits per heavy atom. The molecule has 0 saturated carbocycles. The summed E-state index contributed by atoms with van der Waals surface area (Å²) >= 11 is 0.792. The first kappa shape index (κ1) is 9.21. The zero-order valence-electron chi connectivity index (χ0n) is 5.51. The number of halogens is 1. The first-order valence-electron chi connectivity index (χ1n) is 3.03. The summed E-state index contributed by atoms with van der Waals surface area (Å²) in [6, 6.07) is 0. The molecule has 66 valence electrons. The van der Waals surface area contributed by atoms with Crippen molar-refractivity contribution in [1.82, 2.24) is 0 Å². The van der Waals surface area contributed by atoms with Gasteiger partial charge in [-0.15, -0.1) is 11.8 Å². The van der Waals surface area contributed by atoms with Crippen molar-refractivity contribution in [3.63, 3.8) is 0 Å². The highest BCUT2D eigenvalue weighted by atomic mass is 32.2. The van der Waals surface area contributed by atoms with Crippen LogP contribution in [0.25, 0.3) is 0 Å². The van der Waals surface area contributed by atoms with Crippen LogP contribution in [0.5, 0.6) is 0 Å². The van der Waals surface area contributed by atoms with Crippen molar-refractivity contribution in [3.8, 4) is 0 Å². The Labute approximate surface area is 66.7 Å². The first-order chi connectivity index (χ1) is 4.96. The smallest absolute Gasteiger partial charge is 0.263 e. The van der Waals surface area contributed by atoms with Gasteiger partial charge in [0.05, 0.1) is 0 Å². The normalized spacial score (nSPS) is 52.6. The molecule has 1 heterocycles. The van der Waals surface area contributed by atoms with Crippen molar-refractivity contribution in [1.29, 1.82) is 0 Å². The Balaban J connectivity index is 2.72. The van der Waals surface area contributed by atoms with Crippen LogP contribution in [-0.4, -0.2) is 49.7 Å². The number of aliphatic hydroxyl groups excluding tert-OH is 3. The van der Waals surface area contributed by atoms with E-state index in [9.17, 15) is 4.39 Å². The summed E-state index contributed by atoms with van der Waals surface area (Å²) in [4.78, 5) is 0. The van der Waals surface area contributed by atoms with Gasteiger partial charge < -0.3 is 20.4 Å². The zero-order valence-corrected chi connectivity index (χ0v) is 6.33. The topological polar surface area (TPSA) is 80.9 Å². The van der Waals surface area contributed by atoms with Crippen LogP contribution in [0.15, 0.2) is 0 Å². The van der Waals surface area contributed by atoms with Crippen LogP contribution in [0, 0.1) is 0 Å². The predicted molar refractivity (Wildman–Crippen MR) is 36.5 cm³/mol. The minimum Gasteiger partial charge on any atom is -0.386 e.